The van der Waals surface area contributed by atoms with Crippen LogP contribution in [-0.4, -0.2) is 31.2 Å². The monoisotopic (exact) mass is 201 g/mol. The molecule has 14 heavy (non-hydrogen) atoms. The smallest absolute Gasteiger partial charge is 0.0137 e. The molecule has 3 heteroatoms. The largest absolute Gasteiger partial charge is 0.326 e. The van der Waals surface area contributed by atoms with E-state index >= 15 is 0 Å². The van der Waals surface area contributed by atoms with E-state index in [1.165, 1.54) is 0 Å². The summed E-state index contributed by atoms with van der Waals surface area (Å²) in [5.41, 5.74) is 6.05. The van der Waals surface area contributed by atoms with Crippen molar-refractivity contribution in [2.45, 2.75) is 51.6 Å². The third kappa shape index (κ3) is 8.48. The molecule has 0 aliphatic rings. The van der Waals surface area contributed by atoms with Crippen LogP contribution in [0.1, 0.15) is 40.5 Å². The van der Waals surface area contributed by atoms with E-state index in [-0.39, 0.29) is 11.1 Å². The molecular weight excluding hydrogens is 174 g/mol. The summed E-state index contributed by atoms with van der Waals surface area (Å²) >= 11 is 0. The molecule has 0 amide bonds. The third-order valence-corrected chi connectivity index (χ3v) is 2.37. The minimum atomic E-state index is -0.0634. The number of rotatable bonds is 7. The number of hydrogen-bond donors (Lipinski definition) is 3. The zero-order chi connectivity index (χ0) is 11.2. The summed E-state index contributed by atoms with van der Waals surface area (Å²) in [6.07, 6.45) is 2.14. The van der Waals surface area contributed by atoms with Gasteiger partial charge in [0.15, 0.2) is 0 Å². The van der Waals surface area contributed by atoms with Gasteiger partial charge in [0.2, 0.25) is 0 Å². The molecule has 3 nitrogen and oxygen atoms in total. The van der Waals surface area contributed by atoms with Crippen molar-refractivity contribution in [3.63, 3.8) is 0 Å². The SMILES string of the molecule is CNCCC(C)(C)NCCC(C)(C)N. The molecule has 4 N–H and O–H groups in total. The van der Waals surface area contributed by atoms with Crippen LogP contribution in [0.25, 0.3) is 0 Å². The van der Waals surface area contributed by atoms with E-state index in [0.29, 0.717) is 0 Å². The van der Waals surface area contributed by atoms with E-state index in [2.05, 4.69) is 38.3 Å². The lowest BCUT2D eigenvalue weighted by Crippen LogP contribution is -2.45. The van der Waals surface area contributed by atoms with Crippen molar-refractivity contribution in [1.82, 2.24) is 10.6 Å². The normalized spacial score (nSPS) is 13.3. The van der Waals surface area contributed by atoms with Crippen LogP contribution in [0.2, 0.25) is 0 Å². The van der Waals surface area contributed by atoms with E-state index in [9.17, 15) is 0 Å². The average Bonchev–Trinajstić information content (AvgIpc) is 1.98. The van der Waals surface area contributed by atoms with Gasteiger partial charge in [0, 0.05) is 11.1 Å². The second-order valence-corrected chi connectivity index (χ2v) is 5.40. The summed E-state index contributed by atoms with van der Waals surface area (Å²) in [6.45, 7) is 10.6. The van der Waals surface area contributed by atoms with Crippen LogP contribution in [0.3, 0.4) is 0 Å². The van der Waals surface area contributed by atoms with E-state index < -0.39 is 0 Å². The minimum Gasteiger partial charge on any atom is -0.326 e. The van der Waals surface area contributed by atoms with Gasteiger partial charge >= 0.3 is 0 Å². The maximum Gasteiger partial charge on any atom is 0.0137 e. The Morgan fingerprint density at radius 2 is 1.57 bits per heavy atom. The van der Waals surface area contributed by atoms with Gasteiger partial charge in [0.1, 0.15) is 0 Å². The fraction of sp³-hybridized carbons (Fsp3) is 1.00. The molecule has 0 atom stereocenters. The second kappa shape index (κ2) is 5.69. The van der Waals surface area contributed by atoms with Crippen LogP contribution in [0.4, 0.5) is 0 Å². The first kappa shape index (κ1) is 13.9. The van der Waals surface area contributed by atoms with E-state index in [4.69, 9.17) is 5.73 Å². The van der Waals surface area contributed by atoms with Crippen molar-refractivity contribution in [2.75, 3.05) is 20.1 Å². The fourth-order valence-corrected chi connectivity index (χ4v) is 1.25. The van der Waals surface area contributed by atoms with Crippen molar-refractivity contribution in [1.29, 1.82) is 0 Å². The van der Waals surface area contributed by atoms with Gasteiger partial charge in [-0.05, 0) is 60.7 Å². The van der Waals surface area contributed by atoms with Gasteiger partial charge in [-0.25, -0.2) is 0 Å². The fourth-order valence-electron chi connectivity index (χ4n) is 1.25. The average molecular weight is 201 g/mol. The number of hydrogen-bond acceptors (Lipinski definition) is 3. The molecule has 0 unspecified atom stereocenters. The molecule has 0 fully saturated rings. The molecule has 0 rings (SSSR count). The summed E-state index contributed by atoms with van der Waals surface area (Å²) in [7, 11) is 1.99. The molecule has 0 aromatic rings. The zero-order valence-electron chi connectivity index (χ0n) is 10.4. The molecule has 0 heterocycles. The Bertz CT molecular complexity index is 147. The van der Waals surface area contributed by atoms with Crippen molar-refractivity contribution in [2.24, 2.45) is 5.73 Å². The van der Waals surface area contributed by atoms with Crippen molar-refractivity contribution in [3.8, 4) is 0 Å². The van der Waals surface area contributed by atoms with E-state index in [1.54, 1.807) is 0 Å². The van der Waals surface area contributed by atoms with Gasteiger partial charge in [0.05, 0.1) is 0 Å². The van der Waals surface area contributed by atoms with Crippen molar-refractivity contribution in [3.05, 3.63) is 0 Å². The van der Waals surface area contributed by atoms with Gasteiger partial charge in [-0.15, -0.1) is 0 Å². The highest BCUT2D eigenvalue weighted by Crippen LogP contribution is 2.09. The maximum atomic E-state index is 5.91. The van der Waals surface area contributed by atoms with Crippen LogP contribution in [0.15, 0.2) is 0 Å². The van der Waals surface area contributed by atoms with Crippen LogP contribution < -0.4 is 16.4 Å². The Kier molecular flexibility index (Phi) is 5.64. The molecular formula is C11H27N3. The Balaban J connectivity index is 3.65. The van der Waals surface area contributed by atoms with Crippen molar-refractivity contribution >= 4 is 0 Å². The summed E-state index contributed by atoms with van der Waals surface area (Å²) in [5.74, 6) is 0. The highest BCUT2D eigenvalue weighted by Gasteiger charge is 2.17. The maximum absolute atomic E-state index is 5.91. The van der Waals surface area contributed by atoms with Gasteiger partial charge in [0.25, 0.3) is 0 Å². The lowest BCUT2D eigenvalue weighted by atomic mass is 9.98. The first-order chi connectivity index (χ1) is 6.27. The van der Waals surface area contributed by atoms with Crippen LogP contribution in [0.5, 0.6) is 0 Å². The molecule has 0 radical (unpaired) electrons. The van der Waals surface area contributed by atoms with Gasteiger partial charge < -0.3 is 16.4 Å². The number of nitrogens with two attached hydrogens (primary N) is 1. The predicted molar refractivity (Wildman–Crippen MR) is 63.5 cm³/mol. The number of nitrogens with one attached hydrogen (secondary N) is 2. The second-order valence-electron chi connectivity index (χ2n) is 5.40. The summed E-state index contributed by atoms with van der Waals surface area (Å²) in [5, 5.41) is 6.70. The minimum absolute atomic E-state index is 0.0634. The summed E-state index contributed by atoms with van der Waals surface area (Å²) in [4.78, 5) is 0. The molecule has 0 saturated carbocycles. The molecule has 0 aromatic heterocycles. The topological polar surface area (TPSA) is 50.1 Å². The standard InChI is InChI=1S/C11H27N3/c1-10(2,12)6-9-14-11(3,4)7-8-13-5/h13-14H,6-9,12H2,1-5H3. The zero-order valence-corrected chi connectivity index (χ0v) is 10.4. The quantitative estimate of drug-likeness (QED) is 0.578. The predicted octanol–water partition coefficient (Wildman–Crippen LogP) is 1.09. The third-order valence-electron chi connectivity index (χ3n) is 2.37. The molecule has 0 saturated heterocycles. The van der Waals surface area contributed by atoms with Gasteiger partial charge in [-0.1, -0.05) is 0 Å². The molecule has 86 valence electrons. The van der Waals surface area contributed by atoms with Gasteiger partial charge in [-0.3, -0.25) is 0 Å². The Morgan fingerprint density at radius 1 is 1.00 bits per heavy atom. The lowest BCUT2D eigenvalue weighted by molar-refractivity contribution is 0.336. The highest BCUT2D eigenvalue weighted by molar-refractivity contribution is 4.80. The van der Waals surface area contributed by atoms with Crippen molar-refractivity contribution < 1.29 is 0 Å². The summed E-state index contributed by atoms with van der Waals surface area (Å²) < 4.78 is 0. The first-order valence-electron chi connectivity index (χ1n) is 5.45. The van der Waals surface area contributed by atoms with Crippen LogP contribution in [0, 0.1) is 0 Å². The molecule has 0 spiro atoms. The molecule has 0 bridgehead atoms. The molecule has 0 aliphatic heterocycles. The molecule has 0 aromatic carbocycles. The van der Waals surface area contributed by atoms with E-state index in [0.717, 1.165) is 25.9 Å². The van der Waals surface area contributed by atoms with E-state index in [1.807, 2.05) is 7.05 Å². The van der Waals surface area contributed by atoms with Gasteiger partial charge in [-0.2, -0.15) is 0 Å². The Hall–Kier alpha value is -0.120. The highest BCUT2D eigenvalue weighted by atomic mass is 15.0. The molecule has 0 aliphatic carbocycles. The Morgan fingerprint density at radius 3 is 2.00 bits per heavy atom. The Labute approximate surface area is 88.8 Å². The van der Waals surface area contributed by atoms with Crippen LogP contribution >= 0.6 is 0 Å². The van der Waals surface area contributed by atoms with Crippen LogP contribution in [-0.2, 0) is 0 Å². The summed E-state index contributed by atoms with van der Waals surface area (Å²) in [6, 6.07) is 0. The first-order valence-corrected chi connectivity index (χ1v) is 5.45. The lowest BCUT2D eigenvalue weighted by Gasteiger charge is -2.28.